The van der Waals surface area contributed by atoms with Crippen LogP contribution >= 0.6 is 23.2 Å². The van der Waals surface area contributed by atoms with Gasteiger partial charge in [-0.25, -0.2) is 28.7 Å². The van der Waals surface area contributed by atoms with Crippen LogP contribution in [0.15, 0.2) is 76.3 Å². The molecule has 2 fully saturated rings. The molecule has 57 heavy (non-hydrogen) atoms. The number of fused-ring (bicyclic) bond motifs is 2. The van der Waals surface area contributed by atoms with Gasteiger partial charge >= 0.3 is 23.7 Å². The normalized spacial score (nSPS) is 19.7. The molecule has 4 aromatic heterocycles. The summed E-state index contributed by atoms with van der Waals surface area (Å²) in [4.78, 5) is 42.7. The van der Waals surface area contributed by atoms with Gasteiger partial charge in [-0.15, -0.1) is 0 Å². The zero-order valence-electron chi connectivity index (χ0n) is 29.3. The lowest BCUT2D eigenvalue weighted by Crippen LogP contribution is -2.41. The number of para-hydroxylation sites is 1. The molecule has 2 atom stereocenters. The molecule has 8 rings (SSSR count). The smallest absolute Gasteiger partial charge is 0.381 e. The van der Waals surface area contributed by atoms with Crippen LogP contribution in [0.5, 0.6) is 0 Å². The number of methoxy groups -OCH3 is 1. The van der Waals surface area contributed by atoms with Crippen LogP contribution in [0.25, 0.3) is 33.4 Å². The van der Waals surface area contributed by atoms with Gasteiger partial charge in [0.2, 0.25) is 0 Å². The molecule has 0 spiro atoms. The van der Waals surface area contributed by atoms with E-state index in [2.05, 4.69) is 30.6 Å². The minimum Gasteiger partial charge on any atom is -0.381 e. The summed E-state index contributed by atoms with van der Waals surface area (Å²) >= 11 is 13.2. The van der Waals surface area contributed by atoms with Gasteiger partial charge in [0.05, 0.1) is 50.5 Å². The van der Waals surface area contributed by atoms with E-state index in [0.717, 1.165) is 27.3 Å². The fourth-order valence-electron chi connectivity index (χ4n) is 6.86. The summed E-state index contributed by atoms with van der Waals surface area (Å²) in [6.07, 6.45) is -9.15. The Balaban J connectivity index is 1.06. The van der Waals surface area contributed by atoms with Crippen LogP contribution in [0.4, 0.5) is 38.0 Å². The van der Waals surface area contributed by atoms with E-state index < -0.39 is 47.3 Å². The number of nitrogens with zero attached hydrogens (tertiary/aromatic N) is 6. The summed E-state index contributed by atoms with van der Waals surface area (Å²) in [6.45, 7) is 0.0607. The van der Waals surface area contributed by atoms with Crippen molar-refractivity contribution in [2.75, 3.05) is 24.3 Å². The van der Waals surface area contributed by atoms with Crippen LogP contribution < -0.4 is 22.0 Å². The Morgan fingerprint density at radius 2 is 1.32 bits per heavy atom. The number of benzene rings is 2. The Morgan fingerprint density at radius 1 is 0.754 bits per heavy atom. The highest BCUT2D eigenvalue weighted by molar-refractivity contribution is 6.33. The maximum atomic E-state index is 13.9. The fraction of sp³-hybridized carbons (Fsp3) is 0.297. The minimum absolute atomic E-state index is 0.00936. The van der Waals surface area contributed by atoms with E-state index >= 15 is 0 Å². The van der Waals surface area contributed by atoms with Crippen molar-refractivity contribution in [3.63, 3.8) is 0 Å². The summed E-state index contributed by atoms with van der Waals surface area (Å²) in [5.74, 6) is 0.0434. The van der Waals surface area contributed by atoms with E-state index in [1.165, 1.54) is 24.3 Å². The lowest BCUT2D eigenvalue weighted by molar-refractivity contribution is -0.141. The number of halogens is 8. The van der Waals surface area contributed by atoms with Crippen LogP contribution in [0.3, 0.4) is 0 Å². The molecule has 2 N–H and O–H groups in total. The fourth-order valence-corrected chi connectivity index (χ4v) is 7.41. The van der Waals surface area contributed by atoms with Crippen LogP contribution in [-0.2, 0) is 21.8 Å². The second-order valence-electron chi connectivity index (χ2n) is 13.5. The number of alkyl halides is 6. The topological polar surface area (TPSA) is 138 Å². The quantitative estimate of drug-likeness (QED) is 0.139. The van der Waals surface area contributed by atoms with E-state index in [-0.39, 0.29) is 73.8 Å². The highest BCUT2D eigenvalue weighted by Gasteiger charge is 2.37. The highest BCUT2D eigenvalue weighted by atomic mass is 35.5. The van der Waals surface area contributed by atoms with E-state index in [4.69, 9.17) is 32.7 Å². The molecule has 1 saturated carbocycles. The number of rotatable bonds is 9. The van der Waals surface area contributed by atoms with Gasteiger partial charge in [0, 0.05) is 31.7 Å². The zero-order chi connectivity index (χ0) is 40.4. The van der Waals surface area contributed by atoms with Crippen molar-refractivity contribution in [2.24, 2.45) is 0 Å². The predicted octanol–water partition coefficient (Wildman–Crippen LogP) is 7.75. The van der Waals surface area contributed by atoms with Gasteiger partial charge in [-0.05, 0) is 55.3 Å². The lowest BCUT2D eigenvalue weighted by atomic mass is 9.89. The first-order valence-corrected chi connectivity index (χ1v) is 18.1. The molecule has 5 heterocycles. The van der Waals surface area contributed by atoms with Crippen LogP contribution in [0, 0.1) is 0 Å². The summed E-state index contributed by atoms with van der Waals surface area (Å²) in [7, 11) is 1.58. The SMILES string of the molecule is COC1CC(Nc2nc(=O)n(-c3cccc(C4CC(CNc5nc(=O)n(-c6ccccc6Cl)c6nc(C(F)(F)F)ccc56)O4)c3Cl)c3nc(C(F)(F)F)ccc23)C1. The van der Waals surface area contributed by atoms with Crippen molar-refractivity contribution in [1.82, 2.24) is 29.1 Å². The first kappa shape index (κ1) is 38.6. The molecule has 1 saturated heterocycles. The number of hydrogen-bond acceptors (Lipinski definition) is 10. The Kier molecular flexibility index (Phi) is 9.86. The molecule has 0 amide bonds. The first-order valence-electron chi connectivity index (χ1n) is 17.3. The Hall–Kier alpha value is -5.30. The van der Waals surface area contributed by atoms with Gasteiger partial charge in [0.15, 0.2) is 11.3 Å². The van der Waals surface area contributed by atoms with Crippen molar-refractivity contribution in [3.8, 4) is 11.4 Å². The van der Waals surface area contributed by atoms with E-state index in [9.17, 15) is 35.9 Å². The summed E-state index contributed by atoms with van der Waals surface area (Å²) in [6, 6.07) is 14.6. The van der Waals surface area contributed by atoms with Gasteiger partial charge in [-0.2, -0.15) is 36.3 Å². The second-order valence-corrected chi connectivity index (χ2v) is 14.2. The van der Waals surface area contributed by atoms with Crippen molar-refractivity contribution in [1.29, 1.82) is 0 Å². The van der Waals surface area contributed by atoms with Crippen molar-refractivity contribution in [2.45, 2.75) is 56.0 Å². The maximum absolute atomic E-state index is 13.9. The molecular weight excluding hydrogens is 805 g/mol. The third-order valence-electron chi connectivity index (χ3n) is 9.85. The van der Waals surface area contributed by atoms with Crippen LogP contribution in [0.1, 0.15) is 42.3 Å². The average molecular weight is 834 g/mol. The number of nitrogens with one attached hydrogen (secondary N) is 2. The summed E-state index contributed by atoms with van der Waals surface area (Å²) in [5.41, 5.74) is -4.36. The van der Waals surface area contributed by atoms with Gasteiger partial charge in [0.25, 0.3) is 0 Å². The van der Waals surface area contributed by atoms with Crippen molar-refractivity contribution >= 4 is 56.9 Å². The molecule has 20 heteroatoms. The first-order chi connectivity index (χ1) is 27.1. The van der Waals surface area contributed by atoms with Crippen LogP contribution in [0.2, 0.25) is 10.0 Å². The van der Waals surface area contributed by atoms with Gasteiger partial charge < -0.3 is 20.1 Å². The third-order valence-corrected chi connectivity index (χ3v) is 10.6. The Labute approximate surface area is 327 Å². The zero-order valence-corrected chi connectivity index (χ0v) is 30.8. The maximum Gasteiger partial charge on any atom is 0.433 e. The molecule has 12 nitrogen and oxygen atoms in total. The largest absolute Gasteiger partial charge is 0.433 e. The molecular formula is C37H28Cl2F6N8O4. The number of hydrogen-bond donors (Lipinski definition) is 2. The second kappa shape index (κ2) is 14.6. The number of aromatic nitrogens is 6. The standard InChI is InChI=1S/C37H28Cl2F6N8O4/c1-56-18-13-17(14-18)47-31-22-10-12-28(37(43,44)45)49-33(22)53(35(55)51-31)25-8-4-5-20(29(25)39)26-15-19(57-26)16-46-30-21-9-11-27(36(40,41)42)48-32(21)52(34(54)50-30)24-7-3-2-6-23(24)38/h2-12,17-19,26H,13-16H2,1H3,(H,46,50,54)(H,47,51,55). The number of pyridine rings is 2. The van der Waals surface area contributed by atoms with Crippen LogP contribution in [-0.4, -0.2) is 61.0 Å². The number of anilines is 2. The number of ether oxygens (including phenoxy) is 2. The Morgan fingerprint density at radius 3 is 1.91 bits per heavy atom. The monoisotopic (exact) mass is 832 g/mol. The molecule has 2 unspecified atom stereocenters. The lowest BCUT2D eigenvalue weighted by Gasteiger charge is -2.37. The van der Waals surface area contributed by atoms with Crippen molar-refractivity contribution < 1.29 is 35.8 Å². The Bertz CT molecular complexity index is 2660. The molecule has 1 aliphatic carbocycles. The van der Waals surface area contributed by atoms with E-state index in [0.29, 0.717) is 24.8 Å². The molecule has 2 aromatic carbocycles. The molecule has 296 valence electrons. The molecule has 0 bridgehead atoms. The molecule has 6 aromatic rings. The summed E-state index contributed by atoms with van der Waals surface area (Å²) in [5, 5.41) is 6.49. The third kappa shape index (κ3) is 7.26. The summed E-state index contributed by atoms with van der Waals surface area (Å²) < 4.78 is 95.9. The molecule has 1 aliphatic heterocycles. The van der Waals surface area contributed by atoms with Gasteiger partial charge in [0.1, 0.15) is 23.0 Å². The molecule has 0 radical (unpaired) electrons. The average Bonchev–Trinajstić information content (AvgIpc) is 3.12. The van der Waals surface area contributed by atoms with Gasteiger partial charge in [-0.1, -0.05) is 47.5 Å². The minimum atomic E-state index is -4.81. The van der Waals surface area contributed by atoms with Gasteiger partial charge in [-0.3, -0.25) is 0 Å². The molecule has 2 aliphatic rings. The predicted molar refractivity (Wildman–Crippen MR) is 198 cm³/mol. The van der Waals surface area contributed by atoms with Crippen molar-refractivity contribution in [3.05, 3.63) is 115 Å². The van der Waals surface area contributed by atoms with E-state index in [1.807, 2.05) is 0 Å². The highest BCUT2D eigenvalue weighted by Crippen LogP contribution is 2.41. The van der Waals surface area contributed by atoms with E-state index in [1.54, 1.807) is 31.4 Å².